The van der Waals surface area contributed by atoms with Gasteiger partial charge in [0.15, 0.2) is 0 Å². The Balaban J connectivity index is 1.43. The van der Waals surface area contributed by atoms with Crippen molar-refractivity contribution in [1.82, 2.24) is 15.2 Å². The Kier molecular flexibility index (Phi) is 4.56. The minimum atomic E-state index is -0.193. The quantitative estimate of drug-likeness (QED) is 0.888. The lowest BCUT2D eigenvalue weighted by atomic mass is 10.1. The molecule has 2 aliphatic rings. The Morgan fingerprint density at radius 3 is 2.54 bits per heavy atom. The van der Waals surface area contributed by atoms with E-state index in [1.807, 2.05) is 23.1 Å². The summed E-state index contributed by atoms with van der Waals surface area (Å²) in [4.78, 5) is 31.0. The molecule has 6 heteroatoms. The number of aromatic nitrogens is 1. The summed E-state index contributed by atoms with van der Waals surface area (Å²) in [7, 11) is 0. The molecule has 0 bridgehead atoms. The van der Waals surface area contributed by atoms with Gasteiger partial charge in [-0.3, -0.25) is 9.78 Å². The minimum absolute atomic E-state index is 0.00661. The minimum Gasteiger partial charge on any atom is -0.335 e. The highest BCUT2D eigenvalue weighted by Crippen LogP contribution is 2.32. The average molecular weight is 350 g/mol. The first-order valence-electron chi connectivity index (χ1n) is 9.10. The van der Waals surface area contributed by atoms with Gasteiger partial charge in [0.25, 0.3) is 5.91 Å². The maximum Gasteiger partial charge on any atom is 0.319 e. The van der Waals surface area contributed by atoms with Crippen LogP contribution in [0.15, 0.2) is 48.7 Å². The fourth-order valence-corrected chi connectivity index (χ4v) is 3.33. The summed E-state index contributed by atoms with van der Waals surface area (Å²) in [5.74, 6) is 0.00661. The van der Waals surface area contributed by atoms with Gasteiger partial charge in [-0.15, -0.1) is 0 Å². The van der Waals surface area contributed by atoms with Crippen LogP contribution in [0.2, 0.25) is 0 Å². The molecule has 26 heavy (non-hydrogen) atoms. The van der Waals surface area contributed by atoms with E-state index in [2.05, 4.69) is 15.6 Å². The van der Waals surface area contributed by atoms with Crippen LogP contribution in [0.4, 0.5) is 10.5 Å². The van der Waals surface area contributed by atoms with Gasteiger partial charge in [0, 0.05) is 30.0 Å². The molecular weight excluding hydrogens is 328 g/mol. The van der Waals surface area contributed by atoms with E-state index in [9.17, 15) is 9.59 Å². The molecule has 1 aliphatic carbocycles. The number of pyridine rings is 1. The molecule has 2 aromatic rings. The van der Waals surface area contributed by atoms with Gasteiger partial charge in [-0.1, -0.05) is 6.07 Å². The van der Waals surface area contributed by atoms with Gasteiger partial charge in [-0.05, 0) is 62.1 Å². The van der Waals surface area contributed by atoms with Crippen molar-refractivity contribution in [2.24, 2.45) is 0 Å². The normalized spacial score (nSPS) is 19.2. The number of anilines is 1. The number of hydrogen-bond donors (Lipinski definition) is 2. The highest BCUT2D eigenvalue weighted by molar-refractivity contribution is 5.96. The number of likely N-dealkylation sites (tertiary alicyclic amines) is 1. The Bertz CT molecular complexity index is 787. The number of nitrogens with one attached hydrogen (secondary N) is 2. The van der Waals surface area contributed by atoms with E-state index < -0.39 is 0 Å². The molecule has 0 radical (unpaired) electrons. The topological polar surface area (TPSA) is 74.3 Å². The number of urea groups is 1. The van der Waals surface area contributed by atoms with E-state index in [-0.39, 0.29) is 18.0 Å². The molecule has 2 N–H and O–H groups in total. The molecule has 2 fully saturated rings. The van der Waals surface area contributed by atoms with Crippen LogP contribution in [-0.2, 0) is 0 Å². The molecule has 1 atom stereocenters. The second-order valence-electron chi connectivity index (χ2n) is 6.86. The standard InChI is InChI=1S/C20H22N4O2/c25-19(24-13-3-5-18(24)17-4-1-2-12-21-17)14-6-8-15(9-7-14)22-20(26)23-16-10-11-16/h1-2,4,6-9,12,16,18H,3,5,10-11,13H2,(H2,22,23,26). The van der Waals surface area contributed by atoms with Crippen LogP contribution in [0.25, 0.3) is 0 Å². The van der Waals surface area contributed by atoms with E-state index in [1.165, 1.54) is 0 Å². The third-order valence-electron chi connectivity index (χ3n) is 4.85. The van der Waals surface area contributed by atoms with Crippen molar-refractivity contribution >= 4 is 17.6 Å². The summed E-state index contributed by atoms with van der Waals surface area (Å²) in [6.45, 7) is 0.740. The molecule has 1 saturated heterocycles. The SMILES string of the molecule is O=C(Nc1ccc(C(=O)N2CCCC2c2ccccn2)cc1)NC1CC1. The predicted octanol–water partition coefficient (Wildman–Crippen LogP) is 3.34. The van der Waals surface area contributed by atoms with Crippen molar-refractivity contribution in [1.29, 1.82) is 0 Å². The van der Waals surface area contributed by atoms with Gasteiger partial charge in [0.05, 0.1) is 11.7 Å². The Labute approximate surface area is 152 Å². The summed E-state index contributed by atoms with van der Waals surface area (Å²) in [5.41, 5.74) is 2.25. The van der Waals surface area contributed by atoms with Crippen molar-refractivity contribution < 1.29 is 9.59 Å². The fourth-order valence-electron chi connectivity index (χ4n) is 3.33. The molecule has 0 spiro atoms. The van der Waals surface area contributed by atoms with E-state index >= 15 is 0 Å². The molecule has 1 unspecified atom stereocenters. The molecule has 134 valence electrons. The number of carbonyl (C=O) groups excluding carboxylic acids is 2. The molecule has 6 nitrogen and oxygen atoms in total. The zero-order valence-corrected chi connectivity index (χ0v) is 14.5. The molecule has 1 saturated carbocycles. The molecule has 1 aliphatic heterocycles. The lowest BCUT2D eigenvalue weighted by Gasteiger charge is -2.24. The number of benzene rings is 1. The maximum atomic E-state index is 12.9. The van der Waals surface area contributed by atoms with Gasteiger partial charge in [0.1, 0.15) is 0 Å². The van der Waals surface area contributed by atoms with Gasteiger partial charge in [-0.25, -0.2) is 4.79 Å². The molecular formula is C20H22N4O2. The molecule has 1 aromatic carbocycles. The molecule has 2 heterocycles. The first-order chi connectivity index (χ1) is 12.7. The molecule has 1 aromatic heterocycles. The number of nitrogens with zero attached hydrogens (tertiary/aromatic N) is 2. The van der Waals surface area contributed by atoms with E-state index in [0.717, 1.165) is 37.9 Å². The number of amides is 3. The first-order valence-corrected chi connectivity index (χ1v) is 9.10. The van der Waals surface area contributed by atoms with Crippen LogP contribution in [0, 0.1) is 0 Å². The largest absolute Gasteiger partial charge is 0.335 e. The number of rotatable bonds is 4. The second-order valence-corrected chi connectivity index (χ2v) is 6.86. The first kappa shape index (κ1) is 16.6. The van der Waals surface area contributed by atoms with Gasteiger partial charge < -0.3 is 15.5 Å². The van der Waals surface area contributed by atoms with Gasteiger partial charge in [-0.2, -0.15) is 0 Å². The molecule has 4 rings (SSSR count). The summed E-state index contributed by atoms with van der Waals surface area (Å²) in [6.07, 6.45) is 5.78. The second kappa shape index (κ2) is 7.15. The Hall–Kier alpha value is -2.89. The van der Waals surface area contributed by atoms with Crippen molar-refractivity contribution in [3.63, 3.8) is 0 Å². The van der Waals surface area contributed by atoms with Gasteiger partial charge in [0.2, 0.25) is 0 Å². The van der Waals surface area contributed by atoms with Crippen molar-refractivity contribution in [3.05, 3.63) is 59.9 Å². The number of hydrogen-bond acceptors (Lipinski definition) is 3. The van der Waals surface area contributed by atoms with Crippen molar-refractivity contribution in [3.8, 4) is 0 Å². The van der Waals surface area contributed by atoms with Gasteiger partial charge >= 0.3 is 6.03 Å². The smallest absolute Gasteiger partial charge is 0.319 e. The Morgan fingerprint density at radius 2 is 1.85 bits per heavy atom. The summed E-state index contributed by atoms with van der Waals surface area (Å²) < 4.78 is 0. The van der Waals surface area contributed by atoms with Crippen molar-refractivity contribution in [2.75, 3.05) is 11.9 Å². The monoisotopic (exact) mass is 350 g/mol. The predicted molar refractivity (Wildman–Crippen MR) is 98.9 cm³/mol. The fraction of sp³-hybridized carbons (Fsp3) is 0.350. The van der Waals surface area contributed by atoms with Crippen LogP contribution < -0.4 is 10.6 Å². The van der Waals surface area contributed by atoms with Crippen LogP contribution in [0.5, 0.6) is 0 Å². The van der Waals surface area contributed by atoms with Crippen LogP contribution >= 0.6 is 0 Å². The third kappa shape index (κ3) is 3.69. The summed E-state index contributed by atoms with van der Waals surface area (Å²) in [6, 6.07) is 13.0. The third-order valence-corrected chi connectivity index (χ3v) is 4.85. The van der Waals surface area contributed by atoms with Crippen LogP contribution in [-0.4, -0.2) is 34.4 Å². The van der Waals surface area contributed by atoms with Crippen LogP contribution in [0.3, 0.4) is 0 Å². The summed E-state index contributed by atoms with van der Waals surface area (Å²) >= 11 is 0. The maximum absolute atomic E-state index is 12.9. The highest BCUT2D eigenvalue weighted by Gasteiger charge is 2.31. The zero-order chi connectivity index (χ0) is 17.9. The lowest BCUT2D eigenvalue weighted by Crippen LogP contribution is -2.31. The van der Waals surface area contributed by atoms with E-state index in [4.69, 9.17) is 0 Å². The highest BCUT2D eigenvalue weighted by atomic mass is 16.2. The van der Waals surface area contributed by atoms with Crippen molar-refractivity contribution in [2.45, 2.75) is 37.8 Å². The average Bonchev–Trinajstić information content (AvgIpc) is 3.34. The summed E-state index contributed by atoms with van der Waals surface area (Å²) in [5, 5.41) is 5.67. The number of carbonyl (C=O) groups is 2. The van der Waals surface area contributed by atoms with E-state index in [1.54, 1.807) is 30.5 Å². The van der Waals surface area contributed by atoms with Crippen LogP contribution in [0.1, 0.15) is 47.8 Å². The van der Waals surface area contributed by atoms with E-state index in [0.29, 0.717) is 17.3 Å². The lowest BCUT2D eigenvalue weighted by molar-refractivity contribution is 0.0733. The zero-order valence-electron chi connectivity index (χ0n) is 14.5. The Morgan fingerprint density at radius 1 is 1.04 bits per heavy atom. The molecule has 3 amide bonds.